The predicted molar refractivity (Wildman–Crippen MR) is 148 cm³/mol. The van der Waals surface area contributed by atoms with E-state index in [2.05, 4.69) is 39.3 Å². The lowest BCUT2D eigenvalue weighted by Gasteiger charge is -2.19. The summed E-state index contributed by atoms with van der Waals surface area (Å²) in [7, 11) is 1.71. The van der Waals surface area contributed by atoms with Gasteiger partial charge in [0, 0.05) is 57.5 Å². The topological polar surface area (TPSA) is 137 Å². The van der Waals surface area contributed by atoms with Gasteiger partial charge in [0.25, 0.3) is 0 Å². The minimum Gasteiger partial charge on any atom is -0.481 e. The number of amides is 2. The molecule has 0 aliphatic carbocycles. The Labute approximate surface area is 224 Å². The molecule has 0 radical (unpaired) electrons. The van der Waals surface area contributed by atoms with Crippen molar-refractivity contribution in [3.05, 3.63) is 66.6 Å². The first kappa shape index (κ1) is 30.1. The second-order valence-electron chi connectivity index (χ2n) is 8.88. The van der Waals surface area contributed by atoms with Crippen molar-refractivity contribution < 1.29 is 19.5 Å². The third kappa shape index (κ3) is 11.8. The number of fused-ring (bicyclic) bond motifs is 1. The summed E-state index contributed by atoms with van der Waals surface area (Å²) < 4.78 is 0. The second-order valence-corrected chi connectivity index (χ2v) is 8.88. The van der Waals surface area contributed by atoms with Crippen molar-refractivity contribution in [1.82, 2.24) is 20.2 Å². The molecular weight excluding hydrogens is 484 g/mol. The normalized spacial score (nSPS) is 15.6. The molecule has 2 aliphatic rings. The molecule has 38 heavy (non-hydrogen) atoms. The number of aliphatic imine (C=N–C) groups is 1. The van der Waals surface area contributed by atoms with Crippen molar-refractivity contribution in [3.63, 3.8) is 0 Å². The number of anilines is 1. The minimum absolute atomic E-state index is 0.0438. The highest BCUT2D eigenvalue weighted by atomic mass is 16.4. The summed E-state index contributed by atoms with van der Waals surface area (Å²) in [6, 6.07) is 9.93. The molecule has 204 valence electrons. The summed E-state index contributed by atoms with van der Waals surface area (Å²) in [4.78, 5) is 48.3. The zero-order chi connectivity index (χ0) is 27.6. The number of hydrogen-bond donors (Lipinski definition) is 3. The number of carbonyl (C=O) groups is 3. The van der Waals surface area contributed by atoms with Gasteiger partial charge in [-0.2, -0.15) is 0 Å². The van der Waals surface area contributed by atoms with Gasteiger partial charge in [0.05, 0.1) is 6.42 Å². The van der Waals surface area contributed by atoms with Crippen LogP contribution >= 0.6 is 0 Å². The molecule has 0 spiro atoms. The number of rotatable bonds is 8. The molecule has 0 aromatic carbocycles. The van der Waals surface area contributed by atoms with Crippen molar-refractivity contribution in [2.24, 2.45) is 10.9 Å². The fourth-order valence-corrected chi connectivity index (χ4v) is 4.04. The van der Waals surface area contributed by atoms with Crippen molar-refractivity contribution in [1.29, 1.82) is 0 Å². The molecule has 3 N–H and O–H groups in total. The van der Waals surface area contributed by atoms with Crippen LogP contribution in [0.3, 0.4) is 0 Å². The number of likely N-dealkylation sites (tertiary alicyclic amines) is 1. The quantitative estimate of drug-likeness (QED) is 0.358. The Kier molecular flexibility index (Phi) is 13.8. The number of carbonyl (C=O) groups excluding carboxylic acids is 2. The Bertz CT molecular complexity index is 1030. The van der Waals surface area contributed by atoms with E-state index in [1.165, 1.54) is 5.56 Å². The van der Waals surface area contributed by atoms with E-state index in [9.17, 15) is 14.4 Å². The number of aryl methyl sites for hydroxylation is 1. The molecule has 10 nitrogen and oxygen atoms in total. The van der Waals surface area contributed by atoms with E-state index in [0.29, 0.717) is 19.0 Å². The predicted octanol–water partition coefficient (Wildman–Crippen LogP) is 2.77. The number of carboxylic acids is 1. The van der Waals surface area contributed by atoms with Crippen LogP contribution in [-0.2, 0) is 27.2 Å². The Morgan fingerprint density at radius 2 is 2.05 bits per heavy atom. The molecule has 2 aliphatic heterocycles. The number of hydrogen-bond acceptors (Lipinski definition) is 7. The molecule has 10 heteroatoms. The van der Waals surface area contributed by atoms with Crippen LogP contribution in [0.4, 0.5) is 5.82 Å². The first-order chi connectivity index (χ1) is 18.4. The number of aromatic nitrogens is 2. The maximum Gasteiger partial charge on any atom is 0.305 e. The van der Waals surface area contributed by atoms with E-state index in [4.69, 9.17) is 10.1 Å². The van der Waals surface area contributed by atoms with E-state index >= 15 is 0 Å². The van der Waals surface area contributed by atoms with Gasteiger partial charge >= 0.3 is 5.97 Å². The van der Waals surface area contributed by atoms with Gasteiger partial charge in [-0.3, -0.25) is 24.4 Å². The van der Waals surface area contributed by atoms with Crippen LogP contribution in [0.2, 0.25) is 0 Å². The van der Waals surface area contributed by atoms with E-state index in [0.717, 1.165) is 43.7 Å². The Hall–Kier alpha value is -4.08. The van der Waals surface area contributed by atoms with E-state index in [1.807, 2.05) is 18.2 Å². The fourth-order valence-electron chi connectivity index (χ4n) is 4.04. The zero-order valence-corrected chi connectivity index (χ0v) is 22.0. The molecule has 2 amide bonds. The number of allylic oxidation sites excluding steroid dienone is 1. The van der Waals surface area contributed by atoms with Crippen LogP contribution in [0.25, 0.3) is 0 Å². The number of pyridine rings is 2. The van der Waals surface area contributed by atoms with Gasteiger partial charge in [0.15, 0.2) is 0 Å². The molecule has 1 fully saturated rings. The van der Waals surface area contributed by atoms with Gasteiger partial charge in [-0.15, -0.1) is 0 Å². The van der Waals surface area contributed by atoms with Crippen LogP contribution in [0.15, 0.2) is 60.4 Å². The van der Waals surface area contributed by atoms with Crippen molar-refractivity contribution in [3.8, 4) is 0 Å². The lowest BCUT2D eigenvalue weighted by atomic mass is 10.0. The lowest BCUT2D eigenvalue weighted by molar-refractivity contribution is -0.136. The van der Waals surface area contributed by atoms with Crippen molar-refractivity contribution in [2.45, 2.75) is 38.5 Å². The molecule has 2 aromatic heterocycles. The van der Waals surface area contributed by atoms with E-state index in [-0.39, 0.29) is 25.3 Å². The van der Waals surface area contributed by atoms with Crippen molar-refractivity contribution >= 4 is 29.8 Å². The van der Waals surface area contributed by atoms with Gasteiger partial charge in [0.2, 0.25) is 11.8 Å². The SMILES string of the molecule is C=CC=NC.O=C(O)CCNC(=O)CC(=O)N1CCC(Cc2ccc3c(n2)NCCC3)C1.c1ccncc1. The molecule has 0 saturated carbocycles. The van der Waals surface area contributed by atoms with E-state index in [1.54, 1.807) is 36.6 Å². The average Bonchev–Trinajstić information content (AvgIpc) is 3.39. The maximum atomic E-state index is 12.3. The highest BCUT2D eigenvalue weighted by Crippen LogP contribution is 2.24. The Morgan fingerprint density at radius 1 is 1.26 bits per heavy atom. The summed E-state index contributed by atoms with van der Waals surface area (Å²) >= 11 is 0. The summed E-state index contributed by atoms with van der Waals surface area (Å²) in [6.07, 6.45) is 10.3. The molecule has 1 saturated heterocycles. The average molecular weight is 523 g/mol. The molecule has 4 heterocycles. The Morgan fingerprint density at radius 3 is 2.66 bits per heavy atom. The molecule has 4 rings (SSSR count). The van der Waals surface area contributed by atoms with Crippen LogP contribution in [-0.4, -0.2) is 77.2 Å². The van der Waals surface area contributed by atoms with Gasteiger partial charge in [-0.05, 0) is 55.4 Å². The second kappa shape index (κ2) is 17.4. The van der Waals surface area contributed by atoms with Gasteiger partial charge in [-0.25, -0.2) is 4.98 Å². The Balaban J connectivity index is 0.000000383. The fraction of sp³-hybridized carbons (Fsp3) is 0.429. The molecule has 2 aromatic rings. The van der Waals surface area contributed by atoms with Gasteiger partial charge < -0.3 is 20.6 Å². The molecular formula is C28H38N6O4. The summed E-state index contributed by atoms with van der Waals surface area (Å²) in [6.45, 7) is 5.69. The summed E-state index contributed by atoms with van der Waals surface area (Å²) in [5.74, 6) is -0.270. The maximum absolute atomic E-state index is 12.3. The smallest absolute Gasteiger partial charge is 0.305 e. The number of aliphatic carboxylic acids is 1. The van der Waals surface area contributed by atoms with Gasteiger partial charge in [-0.1, -0.05) is 24.8 Å². The highest BCUT2D eigenvalue weighted by molar-refractivity contribution is 5.97. The van der Waals surface area contributed by atoms with E-state index < -0.39 is 11.9 Å². The third-order valence-electron chi connectivity index (χ3n) is 5.88. The summed E-state index contributed by atoms with van der Waals surface area (Å²) in [5.41, 5.74) is 2.30. The number of carboxylic acid groups (broad SMARTS) is 1. The standard InChI is InChI=1S/C19H26N4O4.C5H5N.C4H7N/c24-16(20-8-5-18(26)27)11-17(25)23-9-6-13(12-23)10-15-4-3-14-2-1-7-21-19(14)22-15;1-2-4-6-5-3-1;1-3-4-5-2/h3-4,13H,1-2,5-12H2,(H,20,24)(H,21,22)(H,26,27);1-5H;3-4H,1H2,2H3. The first-order valence-corrected chi connectivity index (χ1v) is 12.8. The monoisotopic (exact) mass is 522 g/mol. The van der Waals surface area contributed by atoms with Gasteiger partial charge in [0.1, 0.15) is 12.2 Å². The number of nitrogens with one attached hydrogen (secondary N) is 2. The minimum atomic E-state index is -0.977. The molecule has 1 unspecified atom stereocenters. The largest absolute Gasteiger partial charge is 0.481 e. The molecule has 0 bridgehead atoms. The van der Waals surface area contributed by atoms with Crippen LogP contribution < -0.4 is 10.6 Å². The van der Waals surface area contributed by atoms with Crippen molar-refractivity contribution in [2.75, 3.05) is 38.5 Å². The number of nitrogens with zero attached hydrogens (tertiary/aromatic N) is 4. The lowest BCUT2D eigenvalue weighted by Crippen LogP contribution is -2.35. The molecule has 1 atom stereocenters. The van der Waals surface area contributed by atoms with Crippen LogP contribution in [0.1, 0.15) is 36.9 Å². The highest BCUT2D eigenvalue weighted by Gasteiger charge is 2.28. The third-order valence-corrected chi connectivity index (χ3v) is 5.88. The van der Waals surface area contributed by atoms with Crippen LogP contribution in [0.5, 0.6) is 0 Å². The summed E-state index contributed by atoms with van der Waals surface area (Å²) in [5, 5.41) is 14.4. The van der Waals surface area contributed by atoms with Crippen LogP contribution in [0, 0.1) is 5.92 Å². The first-order valence-electron chi connectivity index (χ1n) is 12.8. The zero-order valence-electron chi connectivity index (χ0n) is 22.0.